The number of hydrogen-bond donors (Lipinski definition) is 1. The van der Waals surface area contributed by atoms with E-state index in [9.17, 15) is 13.6 Å². The number of thiol groups is 1. The third kappa shape index (κ3) is 2.14. The van der Waals surface area contributed by atoms with Gasteiger partial charge in [0.1, 0.15) is 6.07 Å². The lowest BCUT2D eigenvalue weighted by Crippen LogP contribution is -2.09. The van der Waals surface area contributed by atoms with E-state index >= 15 is 0 Å². The Kier molecular flexibility index (Phi) is 3.85. The highest BCUT2D eigenvalue weighted by atomic mass is 32.1. The van der Waals surface area contributed by atoms with Crippen molar-refractivity contribution in [1.29, 1.82) is 5.26 Å². The van der Waals surface area contributed by atoms with Crippen LogP contribution in [0.1, 0.15) is 27.9 Å². The Labute approximate surface area is 96.0 Å². The van der Waals surface area contributed by atoms with Crippen LogP contribution in [0.25, 0.3) is 0 Å². The van der Waals surface area contributed by atoms with Gasteiger partial charge in [0.05, 0.1) is 18.2 Å². The monoisotopic (exact) mass is 243 g/mol. The summed E-state index contributed by atoms with van der Waals surface area (Å²) in [6, 6.07) is 4.16. The number of carbonyl (C=O) groups excluding carboxylic acids is 1. The summed E-state index contributed by atoms with van der Waals surface area (Å²) >= 11 is 3.83. The molecule has 6 heteroatoms. The zero-order chi connectivity index (χ0) is 12.3. The van der Waals surface area contributed by atoms with Crippen molar-refractivity contribution in [2.24, 2.45) is 0 Å². The van der Waals surface area contributed by atoms with E-state index in [-0.39, 0.29) is 10.5 Å². The minimum atomic E-state index is -2.89. The van der Waals surface area contributed by atoms with Gasteiger partial charge in [0, 0.05) is 10.5 Å². The van der Waals surface area contributed by atoms with E-state index < -0.39 is 23.5 Å². The summed E-state index contributed by atoms with van der Waals surface area (Å²) in [4.78, 5) is 11.3. The highest BCUT2D eigenvalue weighted by Crippen LogP contribution is 2.31. The van der Waals surface area contributed by atoms with E-state index in [1.165, 1.54) is 12.1 Å². The molecule has 1 aromatic carbocycles. The Morgan fingerprint density at radius 2 is 2.19 bits per heavy atom. The van der Waals surface area contributed by atoms with Gasteiger partial charge in [-0.05, 0) is 12.1 Å². The molecule has 0 aliphatic heterocycles. The Morgan fingerprint density at radius 1 is 1.56 bits per heavy atom. The van der Waals surface area contributed by atoms with E-state index in [2.05, 4.69) is 17.4 Å². The Morgan fingerprint density at radius 3 is 2.62 bits per heavy atom. The molecule has 0 spiro atoms. The maximum absolute atomic E-state index is 12.7. The maximum Gasteiger partial charge on any atom is 0.339 e. The highest BCUT2D eigenvalue weighted by molar-refractivity contribution is 7.80. The van der Waals surface area contributed by atoms with E-state index in [1.54, 1.807) is 6.07 Å². The minimum Gasteiger partial charge on any atom is -0.465 e. The zero-order valence-corrected chi connectivity index (χ0v) is 9.09. The summed E-state index contributed by atoms with van der Waals surface area (Å²) in [5.41, 5.74) is -1.15. The average Bonchev–Trinajstić information content (AvgIpc) is 2.27. The van der Waals surface area contributed by atoms with Crippen LogP contribution >= 0.6 is 12.6 Å². The van der Waals surface area contributed by atoms with Gasteiger partial charge in [-0.2, -0.15) is 5.26 Å². The second kappa shape index (κ2) is 4.94. The first-order chi connectivity index (χ1) is 7.52. The molecule has 0 heterocycles. The van der Waals surface area contributed by atoms with Gasteiger partial charge in [0.2, 0.25) is 0 Å². The number of nitriles is 1. The first-order valence-corrected chi connectivity index (χ1v) is 4.60. The summed E-state index contributed by atoms with van der Waals surface area (Å²) in [7, 11) is 1.06. The zero-order valence-electron chi connectivity index (χ0n) is 8.20. The number of benzene rings is 1. The highest BCUT2D eigenvalue weighted by Gasteiger charge is 2.25. The number of rotatable bonds is 2. The fourth-order valence-corrected chi connectivity index (χ4v) is 1.53. The van der Waals surface area contributed by atoms with Crippen molar-refractivity contribution in [1.82, 2.24) is 0 Å². The SMILES string of the molecule is COC(=O)c1c(C#N)ccc(S)c1C(F)F. The summed E-state index contributed by atoms with van der Waals surface area (Å²) < 4.78 is 29.8. The second-order valence-corrected chi connectivity index (χ2v) is 3.31. The van der Waals surface area contributed by atoms with Gasteiger partial charge in [-0.25, -0.2) is 13.6 Å². The van der Waals surface area contributed by atoms with Crippen LogP contribution < -0.4 is 0 Å². The molecule has 0 unspecified atom stereocenters. The van der Waals surface area contributed by atoms with Gasteiger partial charge in [-0.3, -0.25) is 0 Å². The molecular formula is C10H7F2NO2S. The van der Waals surface area contributed by atoms with Gasteiger partial charge in [0.15, 0.2) is 0 Å². The number of halogens is 2. The summed E-state index contributed by atoms with van der Waals surface area (Å²) in [6.45, 7) is 0. The molecule has 0 atom stereocenters. The van der Waals surface area contributed by atoms with Gasteiger partial charge in [-0.1, -0.05) is 0 Å². The number of hydrogen-bond acceptors (Lipinski definition) is 4. The van der Waals surface area contributed by atoms with Crippen LogP contribution in [0.5, 0.6) is 0 Å². The largest absolute Gasteiger partial charge is 0.465 e. The van der Waals surface area contributed by atoms with Gasteiger partial charge in [0.25, 0.3) is 6.43 Å². The standard InChI is InChI=1S/C10H7F2NO2S/c1-15-10(14)7-5(4-13)2-3-6(16)8(7)9(11)12/h2-3,9,16H,1H3. The lowest BCUT2D eigenvalue weighted by Gasteiger charge is -2.10. The van der Waals surface area contributed by atoms with Crippen molar-refractivity contribution in [3.8, 4) is 6.07 Å². The number of esters is 1. The normalized spacial score (nSPS) is 10.0. The predicted octanol–water partition coefficient (Wildman–Crippen LogP) is 2.57. The number of nitrogens with zero attached hydrogens (tertiary/aromatic N) is 1. The Balaban J connectivity index is 3.57. The maximum atomic E-state index is 12.7. The molecule has 0 N–H and O–H groups in total. The number of alkyl halides is 2. The third-order valence-electron chi connectivity index (χ3n) is 1.95. The molecule has 0 aliphatic rings. The van der Waals surface area contributed by atoms with Crippen LogP contribution in [0, 0.1) is 11.3 Å². The summed E-state index contributed by atoms with van der Waals surface area (Å²) in [5.74, 6) is -0.970. The first-order valence-electron chi connectivity index (χ1n) is 4.15. The van der Waals surface area contributed by atoms with E-state index in [4.69, 9.17) is 5.26 Å². The van der Waals surface area contributed by atoms with E-state index in [1.807, 2.05) is 0 Å². The predicted molar refractivity (Wildman–Crippen MR) is 54.7 cm³/mol. The molecule has 0 aliphatic carbocycles. The van der Waals surface area contributed by atoms with E-state index in [0.717, 1.165) is 7.11 Å². The molecule has 3 nitrogen and oxygen atoms in total. The molecule has 16 heavy (non-hydrogen) atoms. The number of methoxy groups -OCH3 is 1. The van der Waals surface area contributed by atoms with Crippen LogP contribution in [-0.4, -0.2) is 13.1 Å². The fourth-order valence-electron chi connectivity index (χ4n) is 1.24. The van der Waals surface area contributed by atoms with Crippen molar-refractivity contribution in [3.05, 3.63) is 28.8 Å². The average molecular weight is 243 g/mol. The molecule has 0 fully saturated rings. The topological polar surface area (TPSA) is 50.1 Å². The van der Waals surface area contributed by atoms with Crippen LogP contribution in [0.2, 0.25) is 0 Å². The first kappa shape index (κ1) is 12.5. The van der Waals surface area contributed by atoms with Crippen molar-refractivity contribution in [2.45, 2.75) is 11.3 Å². The van der Waals surface area contributed by atoms with Crippen molar-refractivity contribution in [3.63, 3.8) is 0 Å². The number of ether oxygens (including phenoxy) is 1. The van der Waals surface area contributed by atoms with Gasteiger partial charge in [-0.15, -0.1) is 12.6 Å². The molecular weight excluding hydrogens is 236 g/mol. The molecule has 1 rings (SSSR count). The van der Waals surface area contributed by atoms with Crippen molar-refractivity contribution in [2.75, 3.05) is 7.11 Å². The lowest BCUT2D eigenvalue weighted by molar-refractivity contribution is 0.0587. The molecule has 1 aromatic rings. The van der Waals surface area contributed by atoms with Gasteiger partial charge >= 0.3 is 5.97 Å². The van der Waals surface area contributed by atoms with Crippen LogP contribution in [0.15, 0.2) is 17.0 Å². The fraction of sp³-hybridized carbons (Fsp3) is 0.200. The minimum absolute atomic E-state index is 0.0469. The van der Waals surface area contributed by atoms with E-state index in [0.29, 0.717) is 0 Å². The Bertz CT molecular complexity index is 469. The molecule has 0 bridgehead atoms. The molecule has 0 amide bonds. The molecule has 0 saturated carbocycles. The Hall–Kier alpha value is -1.61. The summed E-state index contributed by atoms with van der Waals surface area (Å²) in [5, 5.41) is 8.73. The quantitative estimate of drug-likeness (QED) is 0.641. The molecule has 84 valence electrons. The summed E-state index contributed by atoms with van der Waals surface area (Å²) in [6.07, 6.45) is -2.89. The van der Waals surface area contributed by atoms with Gasteiger partial charge < -0.3 is 4.74 Å². The second-order valence-electron chi connectivity index (χ2n) is 2.83. The smallest absolute Gasteiger partial charge is 0.339 e. The van der Waals surface area contributed by atoms with Crippen molar-refractivity contribution < 1.29 is 18.3 Å². The molecule has 0 saturated heterocycles. The van der Waals surface area contributed by atoms with Crippen LogP contribution in [0.4, 0.5) is 8.78 Å². The lowest BCUT2D eigenvalue weighted by atomic mass is 10.0. The van der Waals surface area contributed by atoms with Crippen molar-refractivity contribution >= 4 is 18.6 Å². The number of carbonyl (C=O) groups is 1. The third-order valence-corrected chi connectivity index (χ3v) is 2.34. The molecule has 0 radical (unpaired) electrons. The molecule has 0 aromatic heterocycles. The van der Waals surface area contributed by atoms with Crippen LogP contribution in [0.3, 0.4) is 0 Å². The van der Waals surface area contributed by atoms with Crippen LogP contribution in [-0.2, 0) is 4.74 Å².